The number of urea groups is 1. The van der Waals surface area contributed by atoms with Crippen molar-refractivity contribution < 1.29 is 36.3 Å². The maximum atomic E-state index is 13.4. The van der Waals surface area contributed by atoms with E-state index in [-0.39, 0.29) is 5.56 Å². The lowest BCUT2D eigenvalue weighted by molar-refractivity contribution is -0.148. The van der Waals surface area contributed by atoms with Crippen molar-refractivity contribution in [2.24, 2.45) is 5.92 Å². The van der Waals surface area contributed by atoms with Crippen LogP contribution in [0.3, 0.4) is 0 Å². The molecule has 0 unspecified atom stereocenters. The zero-order valence-corrected chi connectivity index (χ0v) is 16.9. The maximum Gasteiger partial charge on any atom is 0.416 e. The van der Waals surface area contributed by atoms with Gasteiger partial charge in [-0.15, -0.1) is 0 Å². The van der Waals surface area contributed by atoms with E-state index >= 15 is 0 Å². The molecule has 2 aromatic carbocycles. The molecule has 2 fully saturated rings. The summed E-state index contributed by atoms with van der Waals surface area (Å²) in [6, 6.07) is 9.57. The molecule has 0 bridgehead atoms. The van der Waals surface area contributed by atoms with Gasteiger partial charge in [0.2, 0.25) is 5.92 Å². The molecule has 0 spiro atoms. The first-order chi connectivity index (χ1) is 15.4. The van der Waals surface area contributed by atoms with Gasteiger partial charge in [0.05, 0.1) is 12.1 Å². The summed E-state index contributed by atoms with van der Waals surface area (Å²) in [5, 5.41) is 6.92. The summed E-state index contributed by atoms with van der Waals surface area (Å²) in [6.45, 7) is -0.425. The Hall–Kier alpha value is -3.50. The van der Waals surface area contributed by atoms with Crippen molar-refractivity contribution in [2.45, 2.75) is 30.5 Å². The Morgan fingerprint density at radius 1 is 1.03 bits per heavy atom. The molecule has 6 nitrogen and oxygen atoms in total. The van der Waals surface area contributed by atoms with Crippen LogP contribution in [0.25, 0.3) is 11.1 Å². The quantitative estimate of drug-likeness (QED) is 0.463. The van der Waals surface area contributed by atoms with E-state index in [4.69, 9.17) is 0 Å². The minimum Gasteiger partial charge on any atom is -0.349 e. The van der Waals surface area contributed by atoms with Crippen LogP contribution in [0.4, 0.5) is 26.7 Å². The summed E-state index contributed by atoms with van der Waals surface area (Å²) in [5.74, 6) is -5.30. The first kappa shape index (κ1) is 22.7. The van der Waals surface area contributed by atoms with Gasteiger partial charge in [0.25, 0.3) is 11.8 Å². The molecule has 0 aromatic heterocycles. The van der Waals surface area contributed by atoms with Gasteiger partial charge in [-0.05, 0) is 29.3 Å². The van der Waals surface area contributed by atoms with Gasteiger partial charge >= 0.3 is 12.2 Å². The Kier molecular flexibility index (Phi) is 5.38. The summed E-state index contributed by atoms with van der Waals surface area (Å²) in [7, 11) is 0. The third-order valence-corrected chi connectivity index (χ3v) is 5.98. The Balaban J connectivity index is 1.56. The van der Waals surface area contributed by atoms with Crippen LogP contribution in [-0.4, -0.2) is 35.9 Å². The molecule has 3 N–H and O–H groups in total. The summed E-state index contributed by atoms with van der Waals surface area (Å²) in [4.78, 5) is 37.0. The SMILES string of the molecule is O=C1NC(=O)[C@](CNC(=O)c2ccccc2-c2ccc(C(F)(F)F)cc2)(C2CC(F)(F)C2)N1. The van der Waals surface area contributed by atoms with Crippen LogP contribution in [0.2, 0.25) is 0 Å². The Labute approximate surface area is 184 Å². The number of halogens is 5. The van der Waals surface area contributed by atoms with E-state index in [1.165, 1.54) is 18.2 Å². The van der Waals surface area contributed by atoms with E-state index in [1.54, 1.807) is 18.2 Å². The highest BCUT2D eigenvalue weighted by atomic mass is 19.4. The number of carbonyl (C=O) groups is 3. The van der Waals surface area contributed by atoms with Crippen LogP contribution in [0, 0.1) is 5.92 Å². The number of hydrogen-bond acceptors (Lipinski definition) is 3. The fraction of sp³-hybridized carbons (Fsp3) is 0.318. The highest BCUT2D eigenvalue weighted by Gasteiger charge is 2.61. The molecule has 33 heavy (non-hydrogen) atoms. The van der Waals surface area contributed by atoms with Gasteiger partial charge in [-0.25, -0.2) is 13.6 Å². The lowest BCUT2D eigenvalue weighted by Gasteiger charge is -2.44. The number of rotatable bonds is 5. The van der Waals surface area contributed by atoms with Crippen molar-refractivity contribution in [1.29, 1.82) is 0 Å². The molecule has 2 aromatic rings. The summed E-state index contributed by atoms with van der Waals surface area (Å²) >= 11 is 0. The number of imide groups is 1. The Bertz CT molecular complexity index is 1110. The second-order valence-corrected chi connectivity index (χ2v) is 8.14. The molecule has 4 amide bonds. The predicted octanol–water partition coefficient (Wildman–Crippen LogP) is 3.73. The fourth-order valence-electron chi connectivity index (χ4n) is 4.16. The van der Waals surface area contributed by atoms with Crippen LogP contribution in [0.15, 0.2) is 48.5 Å². The third-order valence-electron chi connectivity index (χ3n) is 5.98. The highest BCUT2D eigenvalue weighted by molar-refractivity contribution is 6.08. The second kappa shape index (κ2) is 7.82. The average Bonchev–Trinajstić information content (AvgIpc) is 3.03. The summed E-state index contributed by atoms with van der Waals surface area (Å²) in [5.41, 5.74) is -1.74. The second-order valence-electron chi connectivity index (χ2n) is 8.14. The van der Waals surface area contributed by atoms with Gasteiger partial charge in [0.1, 0.15) is 5.54 Å². The van der Waals surface area contributed by atoms with Gasteiger partial charge in [-0.1, -0.05) is 30.3 Å². The van der Waals surface area contributed by atoms with Crippen molar-refractivity contribution in [3.63, 3.8) is 0 Å². The smallest absolute Gasteiger partial charge is 0.349 e. The molecule has 1 heterocycles. The number of carbonyl (C=O) groups excluding carboxylic acids is 3. The average molecular weight is 467 g/mol. The van der Waals surface area contributed by atoms with Crippen LogP contribution in [-0.2, 0) is 11.0 Å². The van der Waals surface area contributed by atoms with E-state index < -0.39 is 66.4 Å². The zero-order valence-electron chi connectivity index (χ0n) is 16.9. The van der Waals surface area contributed by atoms with E-state index in [0.29, 0.717) is 11.1 Å². The lowest BCUT2D eigenvalue weighted by atomic mass is 9.68. The number of hydrogen-bond donors (Lipinski definition) is 3. The van der Waals surface area contributed by atoms with Crippen molar-refractivity contribution in [3.8, 4) is 11.1 Å². The third kappa shape index (κ3) is 4.27. The first-order valence-corrected chi connectivity index (χ1v) is 9.98. The minimum atomic E-state index is -4.51. The number of benzene rings is 2. The fourth-order valence-corrected chi connectivity index (χ4v) is 4.16. The number of nitrogens with one attached hydrogen (secondary N) is 3. The van der Waals surface area contributed by atoms with E-state index in [0.717, 1.165) is 12.1 Å². The lowest BCUT2D eigenvalue weighted by Crippen LogP contribution is -2.64. The first-order valence-electron chi connectivity index (χ1n) is 9.98. The van der Waals surface area contributed by atoms with E-state index in [1.807, 2.05) is 5.32 Å². The van der Waals surface area contributed by atoms with Gasteiger partial charge < -0.3 is 10.6 Å². The van der Waals surface area contributed by atoms with E-state index in [2.05, 4.69) is 10.6 Å². The number of alkyl halides is 5. The predicted molar refractivity (Wildman–Crippen MR) is 106 cm³/mol. The molecule has 4 rings (SSSR count). The Morgan fingerprint density at radius 3 is 2.21 bits per heavy atom. The van der Waals surface area contributed by atoms with Gasteiger partial charge in [-0.3, -0.25) is 14.9 Å². The largest absolute Gasteiger partial charge is 0.416 e. The zero-order chi connectivity index (χ0) is 24.0. The van der Waals surface area contributed by atoms with Crippen LogP contribution in [0.5, 0.6) is 0 Å². The maximum absolute atomic E-state index is 13.4. The molecule has 174 valence electrons. The molecule has 1 aliphatic carbocycles. The van der Waals surface area contributed by atoms with Crippen molar-refractivity contribution >= 4 is 17.8 Å². The minimum absolute atomic E-state index is 0.107. The highest BCUT2D eigenvalue weighted by Crippen LogP contribution is 2.48. The standard InChI is InChI=1S/C22H18F5N3O3/c23-20(24)9-14(10-20)21(18(32)29-19(33)30-21)11-28-17(31)16-4-2-1-3-15(16)12-5-7-13(8-6-12)22(25,26)27/h1-8,14H,9-11H2,(H,28,31)(H2,29,30,32,33)/t21-/m0/s1. The Morgan fingerprint density at radius 2 is 1.67 bits per heavy atom. The monoisotopic (exact) mass is 467 g/mol. The van der Waals surface area contributed by atoms with Gasteiger partial charge in [-0.2, -0.15) is 13.2 Å². The molecule has 1 atom stereocenters. The molecule has 1 aliphatic heterocycles. The van der Waals surface area contributed by atoms with Gasteiger partial charge in [0.15, 0.2) is 0 Å². The van der Waals surface area contributed by atoms with Gasteiger partial charge in [0, 0.05) is 24.3 Å². The molecule has 11 heteroatoms. The molecular weight excluding hydrogens is 449 g/mol. The van der Waals surface area contributed by atoms with Crippen LogP contribution in [0.1, 0.15) is 28.8 Å². The van der Waals surface area contributed by atoms with Crippen molar-refractivity contribution in [2.75, 3.05) is 6.54 Å². The molecule has 2 aliphatic rings. The topological polar surface area (TPSA) is 87.3 Å². The van der Waals surface area contributed by atoms with Crippen LogP contribution >= 0.6 is 0 Å². The van der Waals surface area contributed by atoms with Crippen molar-refractivity contribution in [3.05, 3.63) is 59.7 Å². The summed E-state index contributed by atoms with van der Waals surface area (Å²) < 4.78 is 65.4. The molecule has 0 radical (unpaired) electrons. The summed E-state index contributed by atoms with van der Waals surface area (Å²) in [6.07, 6.45) is -5.73. The molecule has 1 saturated heterocycles. The molecule has 1 saturated carbocycles. The normalized spacial score (nSPS) is 22.3. The molecular formula is C22H18F5N3O3. The van der Waals surface area contributed by atoms with Crippen LogP contribution < -0.4 is 16.0 Å². The number of amides is 4. The van der Waals surface area contributed by atoms with E-state index in [9.17, 15) is 36.3 Å². The van der Waals surface area contributed by atoms with Crippen molar-refractivity contribution in [1.82, 2.24) is 16.0 Å².